The molecule has 12 nitrogen and oxygen atoms in total. The number of amides is 4. The molecule has 0 aromatic heterocycles. The van der Waals surface area contributed by atoms with Crippen LogP contribution in [0, 0.1) is 0 Å². The summed E-state index contributed by atoms with van der Waals surface area (Å²) in [4.78, 5) is 57.0. The van der Waals surface area contributed by atoms with Crippen LogP contribution in [-0.2, 0) is 20.4 Å². The number of nitrogens with zero attached hydrogens (tertiary/aromatic N) is 3. The molecule has 2 aromatic rings. The van der Waals surface area contributed by atoms with Crippen LogP contribution in [0.25, 0.3) is 0 Å². The van der Waals surface area contributed by atoms with Crippen LogP contribution in [0.4, 0.5) is 28.4 Å². The average molecular weight is 707 g/mol. The molecular formula is C35H45F3N4O8. The number of benzene rings is 2. The summed E-state index contributed by atoms with van der Waals surface area (Å²) in [6.07, 6.45) is -5.39. The first kappa shape index (κ1) is 38.1. The number of methoxy groups -OCH3 is 1. The van der Waals surface area contributed by atoms with Gasteiger partial charge in [-0.1, -0.05) is 18.2 Å². The molecule has 15 heteroatoms. The highest BCUT2D eigenvalue weighted by molar-refractivity contribution is 6.05. The maximum absolute atomic E-state index is 14.8. The second-order valence-electron chi connectivity index (χ2n) is 13.7. The number of nitrogens with one attached hydrogen (secondary N) is 1. The molecule has 1 unspecified atom stereocenters. The third kappa shape index (κ3) is 8.90. The molecule has 0 spiro atoms. The molecule has 4 rings (SSSR count). The summed E-state index contributed by atoms with van der Waals surface area (Å²) in [5.41, 5.74) is -4.56. The van der Waals surface area contributed by atoms with E-state index >= 15 is 0 Å². The maximum Gasteiger partial charge on any atom is 0.417 e. The summed E-state index contributed by atoms with van der Waals surface area (Å²) in [5, 5.41) is 2.47. The summed E-state index contributed by atoms with van der Waals surface area (Å²) < 4.78 is 66.4. The quantitative estimate of drug-likeness (QED) is 0.343. The Bertz CT molecular complexity index is 1560. The molecule has 0 saturated carbocycles. The number of para-hydroxylation sites is 1. The number of carbonyl (C=O) groups is 4. The molecule has 2 heterocycles. The van der Waals surface area contributed by atoms with Crippen molar-refractivity contribution in [2.75, 3.05) is 44.8 Å². The van der Waals surface area contributed by atoms with Crippen molar-refractivity contribution in [2.24, 2.45) is 0 Å². The lowest BCUT2D eigenvalue weighted by Gasteiger charge is -2.43. The Labute approximate surface area is 289 Å². The number of alkyl carbamates (subject to hydrolysis) is 1. The lowest BCUT2D eigenvalue weighted by Crippen LogP contribution is -2.58. The van der Waals surface area contributed by atoms with Crippen LogP contribution >= 0.6 is 0 Å². The zero-order valence-corrected chi connectivity index (χ0v) is 29.4. The van der Waals surface area contributed by atoms with E-state index in [4.69, 9.17) is 14.2 Å². The van der Waals surface area contributed by atoms with Gasteiger partial charge in [0.1, 0.15) is 23.7 Å². The molecule has 2 aliphatic heterocycles. The number of anilines is 1. The monoisotopic (exact) mass is 706 g/mol. The molecule has 2 atom stereocenters. The first-order chi connectivity index (χ1) is 23.3. The molecule has 2 aliphatic rings. The van der Waals surface area contributed by atoms with E-state index in [2.05, 4.69) is 10.1 Å². The van der Waals surface area contributed by atoms with Gasteiger partial charge in [-0.2, -0.15) is 13.2 Å². The van der Waals surface area contributed by atoms with Gasteiger partial charge in [0.05, 0.1) is 30.0 Å². The summed E-state index contributed by atoms with van der Waals surface area (Å²) in [6.45, 7) is 9.73. The second kappa shape index (κ2) is 15.1. The first-order valence-electron chi connectivity index (χ1n) is 16.4. The fraction of sp³-hybridized carbons (Fsp3) is 0.543. The number of alkyl halides is 3. The van der Waals surface area contributed by atoms with E-state index in [1.165, 1.54) is 28.7 Å². The van der Waals surface area contributed by atoms with Crippen molar-refractivity contribution >= 4 is 29.7 Å². The number of fused-ring (bicyclic) bond motifs is 1. The van der Waals surface area contributed by atoms with Crippen LogP contribution in [0.1, 0.15) is 70.3 Å². The Morgan fingerprint density at radius 3 is 2.40 bits per heavy atom. The van der Waals surface area contributed by atoms with E-state index in [9.17, 15) is 32.3 Å². The molecule has 0 radical (unpaired) electrons. The molecule has 4 amide bonds. The Kier molecular flexibility index (Phi) is 11.5. The van der Waals surface area contributed by atoms with Gasteiger partial charge < -0.3 is 39.0 Å². The zero-order valence-electron chi connectivity index (χ0n) is 29.4. The molecule has 1 saturated heterocycles. The number of carbonyl (C=O) groups excluding carboxylic acids is 4. The van der Waals surface area contributed by atoms with E-state index in [1.54, 1.807) is 65.0 Å². The highest BCUT2D eigenvalue weighted by Gasteiger charge is 2.48. The summed E-state index contributed by atoms with van der Waals surface area (Å²) in [5.74, 6) is -1.47. The van der Waals surface area contributed by atoms with Crippen molar-refractivity contribution < 1.29 is 51.3 Å². The predicted octanol–water partition coefficient (Wildman–Crippen LogP) is 5.87. The van der Waals surface area contributed by atoms with Crippen LogP contribution in [0.3, 0.4) is 0 Å². The lowest BCUT2D eigenvalue weighted by molar-refractivity contribution is -0.139. The molecular weight excluding hydrogens is 661 g/mol. The van der Waals surface area contributed by atoms with Crippen molar-refractivity contribution in [1.82, 2.24) is 15.1 Å². The van der Waals surface area contributed by atoms with Gasteiger partial charge in [-0.05, 0) is 78.6 Å². The molecule has 274 valence electrons. The summed E-state index contributed by atoms with van der Waals surface area (Å²) >= 11 is 0. The average Bonchev–Trinajstić information content (AvgIpc) is 3.04. The molecule has 1 N–H and O–H groups in total. The minimum atomic E-state index is -4.99. The topological polar surface area (TPSA) is 127 Å². The molecule has 2 aromatic carbocycles. The van der Waals surface area contributed by atoms with Gasteiger partial charge in [0.15, 0.2) is 0 Å². The van der Waals surface area contributed by atoms with Crippen molar-refractivity contribution in [3.8, 4) is 11.5 Å². The van der Waals surface area contributed by atoms with Gasteiger partial charge in [-0.25, -0.2) is 9.59 Å². The zero-order chi connectivity index (χ0) is 37.0. The van der Waals surface area contributed by atoms with Crippen LogP contribution in [0.15, 0.2) is 42.5 Å². The van der Waals surface area contributed by atoms with Crippen molar-refractivity contribution in [2.45, 2.75) is 83.8 Å². The highest BCUT2D eigenvalue weighted by Crippen LogP contribution is 2.45. The Hall–Kier alpha value is -4.69. The number of halogens is 3. The van der Waals surface area contributed by atoms with Crippen LogP contribution in [-0.4, -0.2) is 97.0 Å². The SMILES string of the molecule is COC(=O)NCCN1C(=O)C(C)(COc2ccccc2)Oc2cc(C(F)(F)F)c(C(=O)N(C(C)C)[C@@H]3CCCN(C(=O)OC(C)(C)C)C3)cc21. The lowest BCUT2D eigenvalue weighted by atomic mass is 9.96. The Morgan fingerprint density at radius 1 is 1.12 bits per heavy atom. The predicted molar refractivity (Wildman–Crippen MR) is 177 cm³/mol. The normalized spacial score (nSPS) is 19.3. The van der Waals surface area contributed by atoms with Gasteiger partial charge in [-0.15, -0.1) is 0 Å². The van der Waals surface area contributed by atoms with Crippen molar-refractivity contribution in [1.29, 1.82) is 0 Å². The number of ether oxygens (including phenoxy) is 4. The third-order valence-corrected chi connectivity index (χ3v) is 8.24. The minimum absolute atomic E-state index is 0.0673. The summed E-state index contributed by atoms with van der Waals surface area (Å²) in [7, 11) is 1.17. The molecule has 0 bridgehead atoms. The van der Waals surface area contributed by atoms with E-state index in [0.717, 1.165) is 12.1 Å². The van der Waals surface area contributed by atoms with E-state index in [0.29, 0.717) is 25.1 Å². The second-order valence-corrected chi connectivity index (χ2v) is 13.7. The number of hydrogen-bond acceptors (Lipinski definition) is 8. The summed E-state index contributed by atoms with van der Waals surface area (Å²) in [6, 6.07) is 9.09. The minimum Gasteiger partial charge on any atom is -0.489 e. The standard InChI is InChI=1S/C35H45F3N4O8/c1-22(2)42(23-12-11-16-40(20-23)32(46)50-33(3,4)5)29(43)25-18-27-28(19-26(25)35(36,37)38)49-34(6,21-48-24-13-9-8-10-14-24)30(44)41(27)17-15-39-31(45)47-7/h8-10,13-14,18-19,22-23H,11-12,15-17,20-21H2,1-7H3,(H,39,45)/t23-,34?/m1/s1. The van der Waals surface area contributed by atoms with Crippen LogP contribution < -0.4 is 19.7 Å². The van der Waals surface area contributed by atoms with Gasteiger partial charge in [0.25, 0.3) is 11.8 Å². The Balaban J connectivity index is 1.75. The largest absolute Gasteiger partial charge is 0.489 e. The van der Waals surface area contributed by atoms with E-state index in [-0.39, 0.29) is 37.7 Å². The van der Waals surface area contributed by atoms with Crippen LogP contribution in [0.5, 0.6) is 11.5 Å². The van der Waals surface area contributed by atoms with E-state index < -0.39 is 64.6 Å². The maximum atomic E-state index is 14.8. The number of hydrogen-bond donors (Lipinski definition) is 1. The van der Waals surface area contributed by atoms with Crippen molar-refractivity contribution in [3.05, 3.63) is 53.6 Å². The van der Waals surface area contributed by atoms with Crippen LogP contribution in [0.2, 0.25) is 0 Å². The van der Waals surface area contributed by atoms with Crippen molar-refractivity contribution in [3.63, 3.8) is 0 Å². The smallest absolute Gasteiger partial charge is 0.417 e. The number of likely N-dealkylation sites (tertiary alicyclic amines) is 1. The van der Waals surface area contributed by atoms with E-state index in [1.807, 2.05) is 0 Å². The highest BCUT2D eigenvalue weighted by atomic mass is 19.4. The molecule has 1 fully saturated rings. The van der Waals surface area contributed by atoms with Gasteiger partial charge >= 0.3 is 18.4 Å². The number of rotatable bonds is 9. The van der Waals surface area contributed by atoms with Gasteiger partial charge in [0, 0.05) is 32.2 Å². The number of piperidine rings is 1. The van der Waals surface area contributed by atoms with Gasteiger partial charge in [-0.3, -0.25) is 9.59 Å². The third-order valence-electron chi connectivity index (χ3n) is 8.24. The molecule has 0 aliphatic carbocycles. The fourth-order valence-electron chi connectivity index (χ4n) is 5.98. The first-order valence-corrected chi connectivity index (χ1v) is 16.4. The molecule has 50 heavy (non-hydrogen) atoms. The van der Waals surface area contributed by atoms with Gasteiger partial charge in [0.2, 0.25) is 5.60 Å². The Morgan fingerprint density at radius 2 is 1.80 bits per heavy atom. The fourth-order valence-corrected chi connectivity index (χ4v) is 5.98.